The van der Waals surface area contributed by atoms with Gasteiger partial charge in [0.05, 0.1) is 0 Å². The van der Waals surface area contributed by atoms with Gasteiger partial charge in [-0.2, -0.15) is 0 Å². The second-order valence-electron chi connectivity index (χ2n) is 16.6. The van der Waals surface area contributed by atoms with Crippen molar-refractivity contribution in [3.63, 3.8) is 0 Å². The van der Waals surface area contributed by atoms with E-state index >= 15 is 0 Å². The molecule has 0 saturated carbocycles. The Morgan fingerprint density at radius 1 is 0.203 bits per heavy atom. The number of hydrogen-bond acceptors (Lipinski definition) is 3. The molecule has 0 bridgehead atoms. The first-order chi connectivity index (χ1) is 31.7. The predicted octanol–water partition coefficient (Wildman–Crippen LogP) is 16.3. The summed E-state index contributed by atoms with van der Waals surface area (Å²) in [5.41, 5.74) is 7.59. The number of benzene rings is 11. The normalized spacial score (nSPS) is 11.8. The fourth-order valence-corrected chi connectivity index (χ4v) is 10.2. The summed E-state index contributed by atoms with van der Waals surface area (Å²) in [5.74, 6) is 1.95. The van der Waals surface area contributed by atoms with Crippen LogP contribution in [0.1, 0.15) is 0 Å². The van der Waals surface area contributed by atoms with Crippen LogP contribution in [-0.4, -0.2) is 15.0 Å². The Morgan fingerprint density at radius 2 is 0.594 bits per heavy atom. The maximum atomic E-state index is 5.21. The molecule has 3 nitrogen and oxygen atoms in total. The van der Waals surface area contributed by atoms with Crippen LogP contribution in [0.4, 0.5) is 0 Å². The smallest absolute Gasteiger partial charge is 0.165 e. The Hall–Kier alpha value is -8.53. The van der Waals surface area contributed by atoms with Crippen molar-refractivity contribution >= 4 is 75.4 Å². The van der Waals surface area contributed by atoms with Crippen molar-refractivity contribution in [2.75, 3.05) is 0 Å². The summed E-state index contributed by atoms with van der Waals surface area (Å²) >= 11 is 0. The third-order valence-corrected chi connectivity index (χ3v) is 13.1. The molecular weight excluding hydrogens is 775 g/mol. The number of aromatic nitrogens is 3. The quantitative estimate of drug-likeness (QED) is 0.128. The molecule has 0 unspecified atom stereocenters. The lowest BCUT2D eigenvalue weighted by atomic mass is 9.87. The number of nitrogens with zero attached hydrogens (tertiary/aromatic N) is 3. The van der Waals surface area contributed by atoms with Crippen LogP contribution < -0.4 is 0 Å². The van der Waals surface area contributed by atoms with Gasteiger partial charge in [0.2, 0.25) is 0 Å². The molecule has 3 heteroatoms. The highest BCUT2D eigenvalue weighted by Gasteiger charge is 2.21. The maximum Gasteiger partial charge on any atom is 0.165 e. The summed E-state index contributed by atoms with van der Waals surface area (Å²) in [6.07, 6.45) is 0. The minimum atomic E-state index is 0.647. The average molecular weight is 812 g/mol. The molecule has 0 atom stereocenters. The lowest BCUT2D eigenvalue weighted by Crippen LogP contribution is -2.01. The molecule has 1 aromatic heterocycles. The Bertz CT molecular complexity index is 3880. The van der Waals surface area contributed by atoms with E-state index in [0.29, 0.717) is 17.5 Å². The number of hydrogen-bond donors (Lipinski definition) is 0. The summed E-state index contributed by atoms with van der Waals surface area (Å²) in [4.78, 5) is 15.4. The lowest BCUT2D eigenvalue weighted by Gasteiger charge is -2.18. The molecule has 13 rings (SSSR count). The third kappa shape index (κ3) is 5.72. The lowest BCUT2D eigenvalue weighted by molar-refractivity contribution is 1.08. The molecule has 1 heterocycles. The first kappa shape index (κ1) is 36.2. The van der Waals surface area contributed by atoms with Gasteiger partial charge in [-0.05, 0) is 104 Å². The van der Waals surface area contributed by atoms with Gasteiger partial charge in [-0.15, -0.1) is 0 Å². The molecule has 0 aliphatic rings. The second-order valence-corrected chi connectivity index (χ2v) is 16.6. The van der Waals surface area contributed by atoms with Crippen LogP contribution in [0, 0.1) is 0 Å². The third-order valence-electron chi connectivity index (χ3n) is 13.1. The first-order valence-corrected chi connectivity index (χ1v) is 21.9. The fourth-order valence-electron chi connectivity index (χ4n) is 10.2. The van der Waals surface area contributed by atoms with E-state index in [4.69, 9.17) is 15.0 Å². The van der Waals surface area contributed by atoms with Gasteiger partial charge in [-0.1, -0.05) is 218 Å². The van der Waals surface area contributed by atoms with E-state index in [2.05, 4.69) is 188 Å². The van der Waals surface area contributed by atoms with Crippen LogP contribution in [0.25, 0.3) is 132 Å². The molecule has 13 aromatic rings. The van der Waals surface area contributed by atoms with Gasteiger partial charge in [-0.25, -0.2) is 15.0 Å². The van der Waals surface area contributed by atoms with Crippen molar-refractivity contribution in [3.8, 4) is 56.4 Å². The van der Waals surface area contributed by atoms with Crippen LogP contribution >= 0.6 is 0 Å². The van der Waals surface area contributed by atoms with E-state index in [1.807, 2.05) is 36.4 Å². The minimum Gasteiger partial charge on any atom is -0.208 e. The van der Waals surface area contributed by atoms with Crippen LogP contribution in [0.5, 0.6) is 0 Å². The van der Waals surface area contributed by atoms with Crippen LogP contribution in [-0.2, 0) is 0 Å². The van der Waals surface area contributed by atoms with E-state index in [-0.39, 0.29) is 0 Å². The fraction of sp³-hybridized carbons (Fsp3) is 0. The van der Waals surface area contributed by atoms with Gasteiger partial charge in [0.15, 0.2) is 17.5 Å². The summed E-state index contributed by atoms with van der Waals surface area (Å²) in [7, 11) is 0. The predicted molar refractivity (Wildman–Crippen MR) is 270 cm³/mol. The van der Waals surface area contributed by atoms with Gasteiger partial charge in [-0.3, -0.25) is 0 Å². The maximum absolute atomic E-state index is 5.21. The van der Waals surface area contributed by atoms with Crippen molar-refractivity contribution < 1.29 is 0 Å². The van der Waals surface area contributed by atoms with Crippen LogP contribution in [0.15, 0.2) is 224 Å². The molecule has 0 saturated heterocycles. The number of rotatable bonds is 5. The first-order valence-electron chi connectivity index (χ1n) is 21.9. The molecule has 0 N–H and O–H groups in total. The highest BCUT2D eigenvalue weighted by molar-refractivity contribution is 6.33. The monoisotopic (exact) mass is 811 g/mol. The van der Waals surface area contributed by atoms with E-state index < -0.39 is 0 Å². The largest absolute Gasteiger partial charge is 0.208 e. The zero-order valence-electron chi connectivity index (χ0n) is 34.7. The van der Waals surface area contributed by atoms with Crippen molar-refractivity contribution in [2.24, 2.45) is 0 Å². The van der Waals surface area contributed by atoms with Crippen molar-refractivity contribution in [1.82, 2.24) is 15.0 Å². The van der Waals surface area contributed by atoms with Crippen LogP contribution in [0.2, 0.25) is 0 Å². The Balaban J connectivity index is 0.996. The Morgan fingerprint density at radius 3 is 1.12 bits per heavy atom. The molecule has 64 heavy (non-hydrogen) atoms. The van der Waals surface area contributed by atoms with Gasteiger partial charge >= 0.3 is 0 Å². The topological polar surface area (TPSA) is 38.7 Å². The van der Waals surface area contributed by atoms with E-state index in [1.165, 1.54) is 70.6 Å². The summed E-state index contributed by atoms with van der Waals surface area (Å²) in [5, 5.41) is 17.2. The molecule has 12 aromatic carbocycles. The second kappa shape index (κ2) is 14.5. The summed E-state index contributed by atoms with van der Waals surface area (Å²) in [6.45, 7) is 0. The van der Waals surface area contributed by atoms with E-state index in [9.17, 15) is 0 Å². The van der Waals surface area contributed by atoms with E-state index in [1.54, 1.807) is 0 Å². The van der Waals surface area contributed by atoms with Crippen LogP contribution in [0.3, 0.4) is 0 Å². The van der Waals surface area contributed by atoms with Crippen molar-refractivity contribution in [1.29, 1.82) is 0 Å². The standard InChI is InChI=1S/C61H37N3/c1-3-15-42(16-4-1)59-62-60(43-17-5-2-6-18-43)64-61(63-59)58-52-25-11-9-23-50(52)55(51-24-10-12-26-53(51)58)41-31-29-38(30-32-41)44-35-36-47-49-28-14-20-40-34-33-39-19-13-27-48(56(39)57(40)49)45-21-7-8-22-46(45)54(47)37-44/h1-37H. The van der Waals surface area contributed by atoms with Gasteiger partial charge in [0, 0.05) is 16.7 Å². The molecular formula is C61H37N3. The molecule has 296 valence electrons. The number of fused-ring (bicyclic) bond motifs is 7. The van der Waals surface area contributed by atoms with E-state index in [0.717, 1.165) is 43.8 Å². The van der Waals surface area contributed by atoms with Crippen molar-refractivity contribution in [3.05, 3.63) is 224 Å². The highest BCUT2D eigenvalue weighted by Crippen LogP contribution is 2.45. The zero-order valence-corrected chi connectivity index (χ0v) is 34.7. The van der Waals surface area contributed by atoms with Crippen molar-refractivity contribution in [2.45, 2.75) is 0 Å². The molecule has 0 spiro atoms. The molecule has 0 aliphatic heterocycles. The highest BCUT2D eigenvalue weighted by atomic mass is 15.0. The van der Waals surface area contributed by atoms with Gasteiger partial charge in [0.1, 0.15) is 0 Å². The van der Waals surface area contributed by atoms with Gasteiger partial charge < -0.3 is 0 Å². The summed E-state index contributed by atoms with van der Waals surface area (Å²) < 4.78 is 0. The Labute approximate surface area is 369 Å². The molecule has 0 amide bonds. The summed E-state index contributed by atoms with van der Waals surface area (Å²) in [6, 6.07) is 80.8. The molecule has 0 radical (unpaired) electrons. The van der Waals surface area contributed by atoms with Gasteiger partial charge in [0.25, 0.3) is 0 Å². The average Bonchev–Trinajstić information content (AvgIpc) is 3.37. The minimum absolute atomic E-state index is 0.647. The molecule has 0 fully saturated rings. The SMILES string of the molecule is c1ccc(-c2nc(-c3ccccc3)nc(-c3c4ccccc4c(-c4ccc(-c5ccc6c(c5)c5ccccc5c5cccc7ccc8cccc6c8c75)cc4)c4ccccc34)n2)cc1. The Kier molecular flexibility index (Phi) is 8.22. The zero-order chi connectivity index (χ0) is 42.1. The molecule has 0 aliphatic carbocycles.